The topological polar surface area (TPSA) is 99.4 Å². The highest BCUT2D eigenvalue weighted by Gasteiger charge is 2.12. The number of nitrogens with one attached hydrogen (secondary N) is 1. The molecule has 0 bridgehead atoms. The third kappa shape index (κ3) is 4.43. The minimum Gasteiger partial charge on any atom is -0.490 e. The van der Waals surface area contributed by atoms with Crippen LogP contribution in [0.15, 0.2) is 48.5 Å². The van der Waals surface area contributed by atoms with Gasteiger partial charge in [-0.05, 0) is 36.8 Å². The van der Waals surface area contributed by atoms with E-state index in [1.54, 1.807) is 12.1 Å². The quantitative estimate of drug-likeness (QED) is 0.515. The first-order chi connectivity index (χ1) is 14.1. The third-order valence-corrected chi connectivity index (χ3v) is 4.48. The fourth-order valence-electron chi connectivity index (χ4n) is 3.03. The Labute approximate surface area is 167 Å². The summed E-state index contributed by atoms with van der Waals surface area (Å²) in [6, 6.07) is 14.0. The highest BCUT2D eigenvalue weighted by atomic mass is 16.6. The van der Waals surface area contributed by atoms with Crippen molar-refractivity contribution in [1.29, 1.82) is 0 Å². The summed E-state index contributed by atoms with van der Waals surface area (Å²) in [5.74, 6) is 2.72. The molecule has 0 radical (unpaired) electrons. The summed E-state index contributed by atoms with van der Waals surface area (Å²) < 4.78 is 11.4. The van der Waals surface area contributed by atoms with E-state index in [4.69, 9.17) is 9.47 Å². The Morgan fingerprint density at radius 2 is 1.79 bits per heavy atom. The van der Waals surface area contributed by atoms with Crippen molar-refractivity contribution in [2.75, 3.05) is 18.5 Å². The van der Waals surface area contributed by atoms with E-state index < -0.39 is 4.92 Å². The zero-order valence-corrected chi connectivity index (χ0v) is 15.9. The lowest BCUT2D eigenvalue weighted by Crippen LogP contribution is -2.04. The molecule has 0 saturated carbocycles. The second-order valence-corrected chi connectivity index (χ2v) is 6.71. The van der Waals surface area contributed by atoms with Crippen LogP contribution in [0, 0.1) is 17.0 Å². The van der Waals surface area contributed by atoms with Gasteiger partial charge in [-0.3, -0.25) is 10.1 Å². The van der Waals surface area contributed by atoms with E-state index in [1.165, 1.54) is 12.1 Å². The minimum atomic E-state index is -0.427. The number of rotatable bonds is 5. The Morgan fingerprint density at radius 3 is 2.55 bits per heavy atom. The molecule has 0 atom stereocenters. The molecule has 148 valence electrons. The number of hydrogen-bond acceptors (Lipinski definition) is 7. The smallest absolute Gasteiger partial charge is 0.269 e. The largest absolute Gasteiger partial charge is 0.490 e. The minimum absolute atomic E-state index is 0.0363. The van der Waals surface area contributed by atoms with Gasteiger partial charge in [0.25, 0.3) is 5.69 Å². The molecule has 1 aliphatic heterocycles. The average molecular weight is 392 g/mol. The highest BCUT2D eigenvalue weighted by Crippen LogP contribution is 2.30. The van der Waals surface area contributed by atoms with Crippen LogP contribution in [0.3, 0.4) is 0 Å². The van der Waals surface area contributed by atoms with Crippen molar-refractivity contribution in [2.24, 2.45) is 0 Å². The first kappa shape index (κ1) is 18.7. The molecule has 2 heterocycles. The first-order valence-electron chi connectivity index (χ1n) is 9.31. The van der Waals surface area contributed by atoms with Gasteiger partial charge in [-0.1, -0.05) is 6.07 Å². The zero-order chi connectivity index (χ0) is 20.2. The van der Waals surface area contributed by atoms with Crippen LogP contribution in [0.25, 0.3) is 11.4 Å². The Hall–Kier alpha value is -3.68. The van der Waals surface area contributed by atoms with Crippen LogP contribution in [0.4, 0.5) is 11.5 Å². The molecule has 29 heavy (non-hydrogen) atoms. The number of nitro groups is 1. The molecular formula is C21H20N4O4. The third-order valence-electron chi connectivity index (χ3n) is 4.48. The number of non-ortho nitro benzene ring substituents is 1. The van der Waals surface area contributed by atoms with Gasteiger partial charge in [0, 0.05) is 42.4 Å². The van der Waals surface area contributed by atoms with Crippen LogP contribution in [0.2, 0.25) is 0 Å². The average Bonchev–Trinajstić information content (AvgIpc) is 2.97. The number of aromatic nitrogens is 2. The fourth-order valence-corrected chi connectivity index (χ4v) is 3.03. The van der Waals surface area contributed by atoms with Gasteiger partial charge in [0.2, 0.25) is 0 Å². The molecule has 4 rings (SSSR count). The van der Waals surface area contributed by atoms with Crippen molar-refractivity contribution in [1.82, 2.24) is 9.97 Å². The lowest BCUT2D eigenvalue weighted by molar-refractivity contribution is -0.384. The van der Waals surface area contributed by atoms with Crippen LogP contribution in [0.1, 0.15) is 17.7 Å². The molecule has 1 aliphatic rings. The summed E-state index contributed by atoms with van der Waals surface area (Å²) in [5, 5.41) is 14.1. The van der Waals surface area contributed by atoms with E-state index in [0.717, 1.165) is 34.7 Å². The number of fused-ring (bicyclic) bond motifs is 1. The van der Waals surface area contributed by atoms with Gasteiger partial charge in [-0.25, -0.2) is 9.97 Å². The normalized spacial score (nSPS) is 12.9. The van der Waals surface area contributed by atoms with E-state index in [2.05, 4.69) is 15.3 Å². The van der Waals surface area contributed by atoms with Crippen molar-refractivity contribution in [2.45, 2.75) is 19.9 Å². The maximum Gasteiger partial charge on any atom is 0.269 e. The maximum atomic E-state index is 10.8. The lowest BCUT2D eigenvalue weighted by Gasteiger charge is -2.11. The van der Waals surface area contributed by atoms with Crippen molar-refractivity contribution < 1.29 is 14.4 Å². The summed E-state index contributed by atoms with van der Waals surface area (Å²) in [7, 11) is 0. The summed E-state index contributed by atoms with van der Waals surface area (Å²) in [4.78, 5) is 19.4. The van der Waals surface area contributed by atoms with Crippen LogP contribution in [0.5, 0.6) is 11.5 Å². The Morgan fingerprint density at radius 1 is 1.03 bits per heavy atom. The molecule has 0 unspecified atom stereocenters. The number of nitrogens with zero attached hydrogens (tertiary/aromatic N) is 3. The molecular weight excluding hydrogens is 372 g/mol. The fraction of sp³-hybridized carbons (Fsp3) is 0.238. The monoisotopic (exact) mass is 392 g/mol. The first-order valence-corrected chi connectivity index (χ1v) is 9.31. The van der Waals surface area contributed by atoms with Gasteiger partial charge in [0.05, 0.1) is 18.1 Å². The Kier molecular flexibility index (Phi) is 5.24. The van der Waals surface area contributed by atoms with Crippen molar-refractivity contribution in [3.8, 4) is 22.9 Å². The van der Waals surface area contributed by atoms with E-state index >= 15 is 0 Å². The molecule has 8 nitrogen and oxygen atoms in total. The second kappa shape index (κ2) is 8.14. The van der Waals surface area contributed by atoms with Gasteiger partial charge < -0.3 is 14.8 Å². The molecule has 0 saturated heterocycles. The molecule has 8 heteroatoms. The van der Waals surface area contributed by atoms with Crippen molar-refractivity contribution in [3.05, 3.63) is 69.9 Å². The standard InChI is InChI=1S/C21H20N4O4/c1-14-11-20(24-21(23-14)16-4-6-17(7-5-16)25(26)27)22-13-15-3-8-18-19(12-15)29-10-2-9-28-18/h3-8,11-12H,2,9-10,13H2,1H3,(H,22,23,24). The summed E-state index contributed by atoms with van der Waals surface area (Å²) >= 11 is 0. The van der Waals surface area contributed by atoms with E-state index in [0.29, 0.717) is 31.4 Å². The van der Waals surface area contributed by atoms with Gasteiger partial charge in [0.1, 0.15) is 5.82 Å². The number of benzene rings is 2. The van der Waals surface area contributed by atoms with Gasteiger partial charge in [-0.2, -0.15) is 0 Å². The number of aryl methyl sites for hydroxylation is 1. The van der Waals surface area contributed by atoms with Gasteiger partial charge in [0.15, 0.2) is 17.3 Å². The SMILES string of the molecule is Cc1cc(NCc2ccc3c(c2)OCCCO3)nc(-c2ccc([N+](=O)[O-])cc2)n1. The highest BCUT2D eigenvalue weighted by molar-refractivity contribution is 5.59. The predicted octanol–water partition coefficient (Wildman–Crippen LogP) is 4.13. The number of nitro benzene ring substituents is 1. The van der Waals surface area contributed by atoms with Crippen LogP contribution in [-0.2, 0) is 6.54 Å². The molecule has 0 fully saturated rings. The van der Waals surface area contributed by atoms with Crippen molar-refractivity contribution >= 4 is 11.5 Å². The second-order valence-electron chi connectivity index (χ2n) is 6.71. The summed E-state index contributed by atoms with van der Waals surface area (Å²) in [5.41, 5.74) is 2.60. The van der Waals surface area contributed by atoms with Crippen LogP contribution >= 0.6 is 0 Å². The maximum absolute atomic E-state index is 10.8. The van der Waals surface area contributed by atoms with E-state index in [1.807, 2.05) is 31.2 Å². The lowest BCUT2D eigenvalue weighted by atomic mass is 10.2. The Bertz CT molecular complexity index is 1040. The van der Waals surface area contributed by atoms with Gasteiger partial charge in [-0.15, -0.1) is 0 Å². The summed E-state index contributed by atoms with van der Waals surface area (Å²) in [6.45, 7) is 3.76. The van der Waals surface area contributed by atoms with E-state index in [9.17, 15) is 10.1 Å². The molecule has 1 N–H and O–H groups in total. The predicted molar refractivity (Wildman–Crippen MR) is 108 cm³/mol. The Balaban J connectivity index is 1.51. The molecule has 0 spiro atoms. The zero-order valence-electron chi connectivity index (χ0n) is 15.9. The van der Waals surface area contributed by atoms with Crippen LogP contribution < -0.4 is 14.8 Å². The number of anilines is 1. The number of ether oxygens (including phenoxy) is 2. The van der Waals surface area contributed by atoms with E-state index in [-0.39, 0.29) is 5.69 Å². The molecule has 0 amide bonds. The molecule has 1 aromatic heterocycles. The number of hydrogen-bond donors (Lipinski definition) is 1. The van der Waals surface area contributed by atoms with Crippen LogP contribution in [-0.4, -0.2) is 28.1 Å². The summed E-state index contributed by atoms with van der Waals surface area (Å²) in [6.07, 6.45) is 0.869. The molecule has 3 aromatic rings. The van der Waals surface area contributed by atoms with Gasteiger partial charge >= 0.3 is 0 Å². The molecule has 2 aromatic carbocycles. The van der Waals surface area contributed by atoms with Crippen molar-refractivity contribution in [3.63, 3.8) is 0 Å². The molecule has 0 aliphatic carbocycles.